The molecule has 118 valence electrons. The van der Waals surface area contributed by atoms with Crippen LogP contribution >= 0.6 is 0 Å². The van der Waals surface area contributed by atoms with Crippen molar-refractivity contribution in [3.63, 3.8) is 0 Å². The zero-order valence-electron chi connectivity index (χ0n) is 13.4. The number of hydrogen-bond donors (Lipinski definition) is 1. The molecule has 0 aromatic carbocycles. The van der Waals surface area contributed by atoms with Gasteiger partial charge in [0.1, 0.15) is 0 Å². The molecule has 1 atom stereocenters. The Hall–Kier alpha value is -1.10. The lowest BCUT2D eigenvalue weighted by Gasteiger charge is -2.23. The molecule has 0 radical (unpaired) electrons. The van der Waals surface area contributed by atoms with E-state index in [1.807, 2.05) is 32.6 Å². The van der Waals surface area contributed by atoms with Gasteiger partial charge in [0.25, 0.3) is 0 Å². The van der Waals surface area contributed by atoms with Crippen molar-refractivity contribution in [1.29, 1.82) is 0 Å². The van der Waals surface area contributed by atoms with E-state index in [-0.39, 0.29) is 17.9 Å². The maximum Gasteiger partial charge on any atom is 0.305 e. The molecule has 0 aliphatic carbocycles. The summed E-state index contributed by atoms with van der Waals surface area (Å²) in [6.45, 7) is 10.5. The van der Waals surface area contributed by atoms with Gasteiger partial charge in [-0.15, -0.1) is 0 Å². The predicted octanol–water partition coefficient (Wildman–Crippen LogP) is 1.96. The van der Waals surface area contributed by atoms with Crippen LogP contribution in [0.1, 0.15) is 53.4 Å². The van der Waals surface area contributed by atoms with Crippen LogP contribution in [0.5, 0.6) is 0 Å². The molecular formula is C15H30N2O3. The highest BCUT2D eigenvalue weighted by Gasteiger charge is 2.16. The van der Waals surface area contributed by atoms with Crippen LogP contribution in [0.15, 0.2) is 0 Å². The monoisotopic (exact) mass is 286 g/mol. The maximum atomic E-state index is 12.0. The molecule has 0 aliphatic rings. The first-order chi connectivity index (χ1) is 9.56. The highest BCUT2D eigenvalue weighted by atomic mass is 16.5. The molecule has 0 rings (SSSR count). The number of ether oxygens (including phenoxy) is 1. The molecule has 0 aromatic rings. The summed E-state index contributed by atoms with van der Waals surface area (Å²) in [6, 6.07) is -0.139. The van der Waals surface area contributed by atoms with Crippen molar-refractivity contribution in [3.05, 3.63) is 0 Å². The first-order valence-electron chi connectivity index (χ1n) is 7.74. The summed E-state index contributed by atoms with van der Waals surface area (Å²) >= 11 is 0. The third-order valence-corrected chi connectivity index (χ3v) is 3.26. The van der Waals surface area contributed by atoms with Crippen molar-refractivity contribution in [2.24, 2.45) is 0 Å². The zero-order chi connectivity index (χ0) is 15.4. The van der Waals surface area contributed by atoms with Crippen LogP contribution in [0.2, 0.25) is 0 Å². The van der Waals surface area contributed by atoms with E-state index in [4.69, 9.17) is 4.74 Å². The lowest BCUT2D eigenvalue weighted by atomic mass is 10.2. The number of rotatable bonds is 11. The van der Waals surface area contributed by atoms with Crippen LogP contribution in [0.3, 0.4) is 0 Å². The van der Waals surface area contributed by atoms with Crippen molar-refractivity contribution < 1.29 is 14.3 Å². The van der Waals surface area contributed by atoms with Crippen LogP contribution in [0.4, 0.5) is 0 Å². The van der Waals surface area contributed by atoms with Gasteiger partial charge >= 0.3 is 5.97 Å². The summed E-state index contributed by atoms with van der Waals surface area (Å²) in [5.41, 5.74) is 0. The number of likely N-dealkylation sites (N-methyl/N-ethyl adjacent to an activating group) is 1. The molecule has 5 heteroatoms. The summed E-state index contributed by atoms with van der Waals surface area (Å²) in [5, 5.41) is 3.24. The number of esters is 1. The fourth-order valence-electron chi connectivity index (χ4n) is 2.02. The fourth-order valence-corrected chi connectivity index (χ4v) is 2.02. The quantitative estimate of drug-likeness (QED) is 0.466. The van der Waals surface area contributed by atoms with Gasteiger partial charge in [-0.3, -0.25) is 9.59 Å². The number of nitrogens with zero attached hydrogens (tertiary/aromatic N) is 1. The number of hydrogen-bond acceptors (Lipinski definition) is 4. The van der Waals surface area contributed by atoms with Crippen molar-refractivity contribution >= 4 is 11.9 Å². The summed E-state index contributed by atoms with van der Waals surface area (Å²) < 4.78 is 4.86. The minimum absolute atomic E-state index is 0.120. The van der Waals surface area contributed by atoms with Crippen molar-refractivity contribution in [2.45, 2.75) is 59.4 Å². The molecule has 0 saturated heterocycles. The molecule has 1 unspecified atom stereocenters. The highest BCUT2D eigenvalue weighted by Crippen LogP contribution is 2.01. The smallest absolute Gasteiger partial charge is 0.305 e. The summed E-state index contributed by atoms with van der Waals surface area (Å²) in [4.78, 5) is 24.9. The standard InChI is InChI=1S/C15H30N2O3/c1-5-17(6-2)15(19)13(4)16-12-10-8-9-11-14(18)20-7-3/h13,16H,5-12H2,1-4H3. The molecule has 1 amide bonds. The Bertz CT molecular complexity index is 278. The van der Waals surface area contributed by atoms with E-state index < -0.39 is 0 Å². The largest absolute Gasteiger partial charge is 0.466 e. The van der Waals surface area contributed by atoms with Crippen molar-refractivity contribution in [1.82, 2.24) is 10.2 Å². The molecule has 0 saturated carbocycles. The van der Waals surface area contributed by atoms with Gasteiger partial charge in [-0.1, -0.05) is 6.42 Å². The second kappa shape index (κ2) is 11.7. The molecule has 0 heterocycles. The summed E-state index contributed by atoms with van der Waals surface area (Å²) in [7, 11) is 0. The Balaban J connectivity index is 3.64. The SMILES string of the molecule is CCOC(=O)CCCCCNC(C)C(=O)N(CC)CC. The first-order valence-corrected chi connectivity index (χ1v) is 7.74. The average molecular weight is 286 g/mol. The second-order valence-corrected chi connectivity index (χ2v) is 4.80. The van der Waals surface area contributed by atoms with E-state index in [1.165, 1.54) is 0 Å². The molecule has 0 spiro atoms. The van der Waals surface area contributed by atoms with Crippen LogP contribution in [-0.4, -0.2) is 49.1 Å². The van der Waals surface area contributed by atoms with Crippen molar-refractivity contribution in [3.8, 4) is 0 Å². The number of carbonyl (C=O) groups is 2. The molecule has 1 N–H and O–H groups in total. The van der Waals surface area contributed by atoms with E-state index >= 15 is 0 Å². The molecule has 0 fully saturated rings. The number of nitrogens with one attached hydrogen (secondary N) is 1. The van der Waals surface area contributed by atoms with Gasteiger partial charge in [0.2, 0.25) is 5.91 Å². The molecule has 5 nitrogen and oxygen atoms in total. The van der Waals surface area contributed by atoms with E-state index in [1.54, 1.807) is 0 Å². The Kier molecular flexibility index (Phi) is 11.1. The molecule has 0 bridgehead atoms. The summed E-state index contributed by atoms with van der Waals surface area (Å²) in [6.07, 6.45) is 3.27. The van der Waals surface area contributed by atoms with E-state index in [0.717, 1.165) is 38.9 Å². The van der Waals surface area contributed by atoms with Gasteiger partial charge in [-0.2, -0.15) is 0 Å². The number of amides is 1. The average Bonchev–Trinajstić information content (AvgIpc) is 2.43. The minimum atomic E-state index is -0.139. The van der Waals surface area contributed by atoms with E-state index in [0.29, 0.717) is 13.0 Å². The van der Waals surface area contributed by atoms with Gasteiger partial charge in [0.15, 0.2) is 0 Å². The van der Waals surface area contributed by atoms with E-state index in [9.17, 15) is 9.59 Å². The number of carbonyl (C=O) groups excluding carboxylic acids is 2. The van der Waals surface area contributed by atoms with Crippen molar-refractivity contribution in [2.75, 3.05) is 26.2 Å². The van der Waals surface area contributed by atoms with Gasteiger partial charge in [-0.05, 0) is 47.1 Å². The topological polar surface area (TPSA) is 58.6 Å². The Morgan fingerprint density at radius 1 is 1.10 bits per heavy atom. The van der Waals surface area contributed by atoms with E-state index in [2.05, 4.69) is 5.32 Å². The maximum absolute atomic E-state index is 12.0. The second-order valence-electron chi connectivity index (χ2n) is 4.80. The Labute approximate surface area is 123 Å². The van der Waals surface area contributed by atoms with Gasteiger partial charge in [-0.25, -0.2) is 0 Å². The molecular weight excluding hydrogens is 256 g/mol. The normalized spacial score (nSPS) is 12.0. The summed E-state index contributed by atoms with van der Waals surface area (Å²) in [5.74, 6) is 0.0343. The third kappa shape index (κ3) is 8.15. The minimum Gasteiger partial charge on any atom is -0.466 e. The molecule has 0 aliphatic heterocycles. The first kappa shape index (κ1) is 18.9. The Morgan fingerprint density at radius 3 is 2.30 bits per heavy atom. The van der Waals surface area contributed by atoms with Gasteiger partial charge in [0, 0.05) is 19.5 Å². The number of unbranched alkanes of at least 4 members (excludes halogenated alkanes) is 2. The Morgan fingerprint density at radius 2 is 1.75 bits per heavy atom. The van der Waals surface area contributed by atoms with Crippen LogP contribution in [-0.2, 0) is 14.3 Å². The fraction of sp³-hybridized carbons (Fsp3) is 0.867. The van der Waals surface area contributed by atoms with Crippen LogP contribution in [0.25, 0.3) is 0 Å². The lowest BCUT2D eigenvalue weighted by Crippen LogP contribution is -2.45. The van der Waals surface area contributed by atoms with Crippen LogP contribution in [0, 0.1) is 0 Å². The zero-order valence-corrected chi connectivity index (χ0v) is 13.4. The molecule has 0 aromatic heterocycles. The lowest BCUT2D eigenvalue weighted by molar-refractivity contribution is -0.143. The highest BCUT2D eigenvalue weighted by molar-refractivity contribution is 5.81. The van der Waals surface area contributed by atoms with Crippen LogP contribution < -0.4 is 5.32 Å². The van der Waals surface area contributed by atoms with Gasteiger partial charge in [0.05, 0.1) is 12.6 Å². The predicted molar refractivity (Wildman–Crippen MR) is 80.5 cm³/mol. The van der Waals surface area contributed by atoms with Gasteiger partial charge < -0.3 is 15.0 Å². The molecule has 20 heavy (non-hydrogen) atoms. The third-order valence-electron chi connectivity index (χ3n) is 3.26.